The van der Waals surface area contributed by atoms with Gasteiger partial charge in [-0.1, -0.05) is 6.58 Å². The summed E-state index contributed by atoms with van der Waals surface area (Å²) >= 11 is 0. The van der Waals surface area contributed by atoms with Gasteiger partial charge in [-0.15, -0.1) is 0 Å². The number of hydrogen-bond donors (Lipinski definition) is 0. The van der Waals surface area contributed by atoms with Crippen LogP contribution in [0.3, 0.4) is 0 Å². The zero-order valence-corrected chi connectivity index (χ0v) is 5.22. The van der Waals surface area contributed by atoms with E-state index < -0.39 is 5.97 Å². The van der Waals surface area contributed by atoms with Gasteiger partial charge in [0.2, 0.25) is 0 Å². The minimum absolute atomic E-state index is 0.196. The molecule has 0 N–H and O–H groups in total. The highest BCUT2D eigenvalue weighted by Crippen LogP contribution is 1.78. The maximum absolute atomic E-state index is 10.3. The van der Waals surface area contributed by atoms with Gasteiger partial charge in [-0.05, 0) is 6.08 Å². The Bertz CT molecular complexity index is 137. The number of ether oxygens (including phenoxy) is 1. The van der Waals surface area contributed by atoms with Crippen LogP contribution in [0.1, 0.15) is 6.92 Å². The normalized spacial score (nSPS) is 8.11. The molecule has 0 spiro atoms. The topological polar surface area (TPSA) is 43.4 Å². The van der Waals surface area contributed by atoms with Crippen LogP contribution in [0, 0.1) is 0 Å². The maximum atomic E-state index is 10.3. The second kappa shape index (κ2) is 3.83. The minimum Gasteiger partial charge on any atom is -0.457 e. The van der Waals surface area contributed by atoms with Gasteiger partial charge < -0.3 is 4.74 Å². The molecule has 0 bridgehead atoms. The molecular formula is C6H8O3. The summed E-state index contributed by atoms with van der Waals surface area (Å²) in [6.45, 7) is 4.25. The first-order chi connectivity index (χ1) is 4.16. The molecule has 3 nitrogen and oxygen atoms in total. The molecule has 0 aliphatic heterocycles. The monoisotopic (exact) mass is 128 g/mol. The molecule has 0 saturated carbocycles. The van der Waals surface area contributed by atoms with E-state index in [4.69, 9.17) is 0 Å². The smallest absolute Gasteiger partial charge is 0.303 e. The van der Waals surface area contributed by atoms with E-state index in [1.807, 2.05) is 0 Å². The maximum Gasteiger partial charge on any atom is 0.303 e. The predicted octanol–water partition coefficient (Wildman–Crippen LogP) is 0.305. The molecular weight excluding hydrogens is 120 g/mol. The van der Waals surface area contributed by atoms with Crippen LogP contribution in [-0.4, -0.2) is 18.4 Å². The van der Waals surface area contributed by atoms with E-state index in [1.165, 1.54) is 6.92 Å². The minimum atomic E-state index is -0.454. The first kappa shape index (κ1) is 7.88. The van der Waals surface area contributed by atoms with Crippen molar-refractivity contribution in [2.75, 3.05) is 6.61 Å². The lowest BCUT2D eigenvalue weighted by molar-refractivity contribution is -0.144. The molecule has 0 amide bonds. The Hall–Kier alpha value is -1.12. The third kappa shape index (κ3) is 4.74. The van der Waals surface area contributed by atoms with Gasteiger partial charge in [0.05, 0.1) is 0 Å². The van der Waals surface area contributed by atoms with Crippen molar-refractivity contribution in [1.82, 2.24) is 0 Å². The molecule has 0 saturated heterocycles. The zero-order chi connectivity index (χ0) is 7.28. The molecule has 0 unspecified atom stereocenters. The van der Waals surface area contributed by atoms with E-state index in [1.54, 1.807) is 0 Å². The van der Waals surface area contributed by atoms with Gasteiger partial charge in [0.15, 0.2) is 12.4 Å². The van der Waals surface area contributed by atoms with Crippen LogP contribution in [0.15, 0.2) is 12.7 Å². The molecule has 0 aromatic rings. The lowest BCUT2D eigenvalue weighted by atomic mass is 10.4. The number of rotatable bonds is 3. The van der Waals surface area contributed by atoms with Gasteiger partial charge >= 0.3 is 5.97 Å². The van der Waals surface area contributed by atoms with E-state index in [0.717, 1.165) is 6.08 Å². The van der Waals surface area contributed by atoms with Crippen LogP contribution in [0.4, 0.5) is 0 Å². The summed E-state index contributed by atoms with van der Waals surface area (Å²) in [7, 11) is 0. The fourth-order valence-electron chi connectivity index (χ4n) is 0.232. The molecule has 0 radical (unpaired) electrons. The molecule has 0 aliphatic rings. The van der Waals surface area contributed by atoms with Crippen LogP contribution in [0.25, 0.3) is 0 Å². The number of hydrogen-bond acceptors (Lipinski definition) is 3. The van der Waals surface area contributed by atoms with Crippen molar-refractivity contribution in [2.45, 2.75) is 6.92 Å². The molecule has 0 heterocycles. The third-order valence-electron chi connectivity index (χ3n) is 0.645. The van der Waals surface area contributed by atoms with Crippen LogP contribution in [0.5, 0.6) is 0 Å². The van der Waals surface area contributed by atoms with E-state index in [2.05, 4.69) is 11.3 Å². The van der Waals surface area contributed by atoms with Crippen molar-refractivity contribution >= 4 is 11.8 Å². The third-order valence-corrected chi connectivity index (χ3v) is 0.645. The molecule has 3 heteroatoms. The standard InChI is InChI=1S/C6H8O3/c1-3-6(8)4-9-5(2)7/h3H,1,4H2,2H3. The first-order valence-corrected chi connectivity index (χ1v) is 2.45. The predicted molar refractivity (Wildman–Crippen MR) is 31.8 cm³/mol. The molecule has 0 aromatic carbocycles. The van der Waals surface area contributed by atoms with E-state index in [9.17, 15) is 9.59 Å². The molecule has 0 rings (SSSR count). The summed E-state index contributed by atoms with van der Waals surface area (Å²) in [6, 6.07) is 0. The molecule has 9 heavy (non-hydrogen) atoms. The Balaban J connectivity index is 3.39. The first-order valence-electron chi connectivity index (χ1n) is 2.45. The second-order valence-electron chi connectivity index (χ2n) is 1.45. The Morgan fingerprint density at radius 1 is 1.67 bits per heavy atom. The number of ketones is 1. The Labute approximate surface area is 53.3 Å². The summed E-state index contributed by atoms with van der Waals surface area (Å²) in [6.07, 6.45) is 1.11. The van der Waals surface area contributed by atoms with Crippen molar-refractivity contribution in [3.05, 3.63) is 12.7 Å². The van der Waals surface area contributed by atoms with E-state index >= 15 is 0 Å². The van der Waals surface area contributed by atoms with Crippen LogP contribution in [-0.2, 0) is 14.3 Å². The van der Waals surface area contributed by atoms with Crippen LogP contribution in [0.2, 0.25) is 0 Å². The van der Waals surface area contributed by atoms with Gasteiger partial charge in [-0.2, -0.15) is 0 Å². The number of carbonyl (C=O) groups excluding carboxylic acids is 2. The average Bonchev–Trinajstić information content (AvgIpc) is 1.83. The number of esters is 1. The van der Waals surface area contributed by atoms with Gasteiger partial charge in [0.1, 0.15) is 0 Å². The largest absolute Gasteiger partial charge is 0.457 e. The number of carbonyl (C=O) groups is 2. The highest BCUT2D eigenvalue weighted by Gasteiger charge is 1.96. The fourth-order valence-corrected chi connectivity index (χ4v) is 0.232. The summed E-state index contributed by atoms with van der Waals surface area (Å²) < 4.78 is 4.33. The lowest BCUT2D eigenvalue weighted by Crippen LogP contribution is -2.08. The van der Waals surface area contributed by atoms with Crippen molar-refractivity contribution in [2.24, 2.45) is 0 Å². The Morgan fingerprint density at radius 3 is 2.56 bits per heavy atom. The molecule has 0 atom stereocenters. The molecule has 0 fully saturated rings. The fraction of sp³-hybridized carbons (Fsp3) is 0.333. The molecule has 0 aromatic heterocycles. The lowest BCUT2D eigenvalue weighted by Gasteiger charge is -1.94. The molecule has 0 aliphatic carbocycles. The van der Waals surface area contributed by atoms with Gasteiger partial charge in [-0.3, -0.25) is 9.59 Å². The average molecular weight is 128 g/mol. The van der Waals surface area contributed by atoms with Crippen molar-refractivity contribution < 1.29 is 14.3 Å². The summed E-state index contributed by atoms with van der Waals surface area (Å²) in [5.74, 6) is -0.740. The summed E-state index contributed by atoms with van der Waals surface area (Å²) in [4.78, 5) is 20.4. The van der Waals surface area contributed by atoms with Crippen LogP contribution < -0.4 is 0 Å². The van der Waals surface area contributed by atoms with Crippen molar-refractivity contribution in [3.63, 3.8) is 0 Å². The Morgan fingerprint density at radius 2 is 2.22 bits per heavy atom. The zero-order valence-electron chi connectivity index (χ0n) is 5.22. The van der Waals surface area contributed by atoms with Crippen molar-refractivity contribution in [3.8, 4) is 0 Å². The van der Waals surface area contributed by atoms with Gasteiger partial charge in [0, 0.05) is 6.92 Å². The van der Waals surface area contributed by atoms with Gasteiger partial charge in [-0.25, -0.2) is 0 Å². The Kier molecular flexibility index (Phi) is 3.35. The van der Waals surface area contributed by atoms with Crippen LogP contribution >= 0.6 is 0 Å². The van der Waals surface area contributed by atoms with Crippen molar-refractivity contribution in [1.29, 1.82) is 0 Å². The highest BCUT2D eigenvalue weighted by molar-refractivity contribution is 5.91. The SMILES string of the molecule is C=CC(=O)COC(C)=O. The molecule has 50 valence electrons. The quantitative estimate of drug-likeness (QED) is 0.405. The summed E-state index contributed by atoms with van der Waals surface area (Å²) in [5.41, 5.74) is 0. The van der Waals surface area contributed by atoms with E-state index in [-0.39, 0.29) is 12.4 Å². The van der Waals surface area contributed by atoms with Gasteiger partial charge in [0.25, 0.3) is 0 Å². The highest BCUT2D eigenvalue weighted by atomic mass is 16.5. The van der Waals surface area contributed by atoms with E-state index in [0.29, 0.717) is 0 Å². The summed E-state index contributed by atoms with van der Waals surface area (Å²) in [5, 5.41) is 0. The second-order valence-corrected chi connectivity index (χ2v) is 1.45.